The molecule has 0 bridgehead atoms. The lowest BCUT2D eigenvalue weighted by molar-refractivity contribution is 0.479. The fourth-order valence-electron chi connectivity index (χ4n) is 5.69. The van der Waals surface area contributed by atoms with Crippen LogP contribution in [-0.4, -0.2) is 4.98 Å². The van der Waals surface area contributed by atoms with Crippen LogP contribution in [0.25, 0.3) is 21.9 Å². The summed E-state index contributed by atoms with van der Waals surface area (Å²) in [6.07, 6.45) is 1.85. The number of aromatic nitrogens is 1. The van der Waals surface area contributed by atoms with Crippen LogP contribution in [0.15, 0.2) is 128 Å². The summed E-state index contributed by atoms with van der Waals surface area (Å²) in [4.78, 5) is 9.29. The van der Waals surface area contributed by atoms with Gasteiger partial charge in [0.15, 0.2) is 11.5 Å². The Morgan fingerprint density at radius 3 is 2.16 bits per heavy atom. The van der Waals surface area contributed by atoms with Crippen LogP contribution in [0.3, 0.4) is 0 Å². The number of ether oxygens (including phenoxy) is 1. The van der Waals surface area contributed by atoms with Crippen molar-refractivity contribution in [1.29, 1.82) is 0 Å². The first-order valence-corrected chi connectivity index (χ1v) is 12.4. The molecule has 6 aromatic rings. The van der Waals surface area contributed by atoms with Crippen molar-refractivity contribution in [2.24, 2.45) is 0 Å². The zero-order valence-electron chi connectivity index (χ0n) is 19.9. The van der Waals surface area contributed by atoms with Crippen LogP contribution in [0, 0.1) is 0 Å². The molecule has 3 heterocycles. The molecule has 174 valence electrons. The Morgan fingerprint density at radius 1 is 0.541 bits per heavy atom. The van der Waals surface area contributed by atoms with E-state index in [0.717, 1.165) is 51.3 Å². The van der Waals surface area contributed by atoms with Gasteiger partial charge in [0, 0.05) is 17.3 Å². The largest absolute Gasteiger partial charge is 0.452 e. The Kier molecular flexibility index (Phi) is 4.19. The van der Waals surface area contributed by atoms with E-state index in [1.807, 2.05) is 36.5 Å². The second-order valence-electron chi connectivity index (χ2n) is 9.25. The molecular weight excluding hydrogens is 454 g/mol. The molecule has 0 aliphatic carbocycles. The summed E-state index contributed by atoms with van der Waals surface area (Å²) >= 11 is 0. The number of benzene rings is 5. The fourth-order valence-corrected chi connectivity index (χ4v) is 5.69. The number of hydrogen-bond donors (Lipinski definition) is 0. The average molecular weight is 476 g/mol. The maximum atomic E-state index is 6.77. The number of pyridine rings is 1. The highest BCUT2D eigenvalue weighted by molar-refractivity contribution is 6.16. The van der Waals surface area contributed by atoms with Crippen molar-refractivity contribution in [3.05, 3.63) is 128 Å². The highest BCUT2D eigenvalue weighted by atomic mass is 16.5. The summed E-state index contributed by atoms with van der Waals surface area (Å²) in [5.74, 6) is 2.56. The Labute approximate surface area is 214 Å². The van der Waals surface area contributed by atoms with E-state index in [4.69, 9.17) is 9.72 Å². The third-order valence-corrected chi connectivity index (χ3v) is 7.20. The molecular formula is C33H21N3O. The number of nitrogens with zero attached hydrogens (tertiary/aromatic N) is 3. The Balaban J connectivity index is 1.48. The van der Waals surface area contributed by atoms with Gasteiger partial charge in [-0.3, -0.25) is 4.90 Å². The normalized spacial score (nSPS) is 13.0. The second kappa shape index (κ2) is 7.70. The standard InChI is InChI=1S/C33H21N3O/c1-2-12-23(13-3-1)35-25-15-4-5-17-29(25)37-33-28(35)20-19-27-32(33)24-14-8-10-22-11-9-16-26(31(22)24)36(27)30-18-6-7-21-34-30/h1-21H. The topological polar surface area (TPSA) is 28.6 Å². The van der Waals surface area contributed by atoms with Gasteiger partial charge in [0.2, 0.25) is 0 Å². The molecule has 0 atom stereocenters. The van der Waals surface area contributed by atoms with E-state index in [0.29, 0.717) is 0 Å². The number of hydrogen-bond acceptors (Lipinski definition) is 4. The van der Waals surface area contributed by atoms with Gasteiger partial charge in [-0.25, -0.2) is 4.98 Å². The molecule has 0 amide bonds. The Hall–Kier alpha value is -5.09. The first-order chi connectivity index (χ1) is 18.4. The lowest BCUT2D eigenvalue weighted by Gasteiger charge is -2.38. The molecule has 4 heteroatoms. The smallest absolute Gasteiger partial charge is 0.161 e. The van der Waals surface area contributed by atoms with Gasteiger partial charge in [0.1, 0.15) is 5.82 Å². The lowest BCUT2D eigenvalue weighted by atomic mass is 9.89. The SMILES string of the molecule is c1ccc(N2c3ccccc3Oc3c2ccc2c3-c3cccc4cccc(c34)N2c2ccccn2)cc1. The third kappa shape index (κ3) is 2.87. The average Bonchev–Trinajstić information content (AvgIpc) is 2.97. The van der Waals surface area contributed by atoms with Crippen molar-refractivity contribution in [2.75, 3.05) is 9.80 Å². The lowest BCUT2D eigenvalue weighted by Crippen LogP contribution is -2.20. The van der Waals surface area contributed by atoms with Crippen LogP contribution in [-0.2, 0) is 0 Å². The van der Waals surface area contributed by atoms with E-state index in [1.165, 1.54) is 16.3 Å². The first kappa shape index (κ1) is 20.1. The minimum Gasteiger partial charge on any atom is -0.452 e. The predicted octanol–water partition coefficient (Wildman–Crippen LogP) is 9.26. The van der Waals surface area contributed by atoms with Gasteiger partial charge in [-0.15, -0.1) is 0 Å². The van der Waals surface area contributed by atoms with Crippen LogP contribution >= 0.6 is 0 Å². The quantitative estimate of drug-likeness (QED) is 0.249. The van der Waals surface area contributed by atoms with Crippen molar-refractivity contribution in [2.45, 2.75) is 0 Å². The summed E-state index contributed by atoms with van der Waals surface area (Å²) in [6.45, 7) is 0. The molecule has 0 N–H and O–H groups in total. The highest BCUT2D eigenvalue weighted by Gasteiger charge is 2.34. The van der Waals surface area contributed by atoms with Crippen molar-refractivity contribution in [3.63, 3.8) is 0 Å². The molecule has 0 saturated carbocycles. The van der Waals surface area contributed by atoms with Gasteiger partial charge >= 0.3 is 0 Å². The van der Waals surface area contributed by atoms with Gasteiger partial charge in [-0.2, -0.15) is 0 Å². The summed E-state index contributed by atoms with van der Waals surface area (Å²) in [5, 5.41) is 2.39. The molecule has 8 rings (SSSR count). The van der Waals surface area contributed by atoms with Crippen molar-refractivity contribution in [3.8, 4) is 22.6 Å². The molecule has 5 aromatic carbocycles. The third-order valence-electron chi connectivity index (χ3n) is 7.20. The van der Waals surface area contributed by atoms with Crippen molar-refractivity contribution < 1.29 is 4.74 Å². The summed E-state index contributed by atoms with van der Waals surface area (Å²) in [5.41, 5.74) is 7.54. The van der Waals surface area contributed by atoms with Gasteiger partial charge in [0.25, 0.3) is 0 Å². The fraction of sp³-hybridized carbons (Fsp3) is 0. The van der Waals surface area contributed by atoms with E-state index in [2.05, 4.69) is 101 Å². The van der Waals surface area contributed by atoms with Crippen LogP contribution in [0.1, 0.15) is 0 Å². The Bertz CT molecular complexity index is 1810. The maximum Gasteiger partial charge on any atom is 0.161 e. The van der Waals surface area contributed by atoms with E-state index < -0.39 is 0 Å². The predicted molar refractivity (Wildman–Crippen MR) is 150 cm³/mol. The van der Waals surface area contributed by atoms with Crippen molar-refractivity contribution >= 4 is 45.0 Å². The number of anilines is 6. The summed E-state index contributed by atoms with van der Waals surface area (Å²) in [6, 6.07) is 42.1. The van der Waals surface area contributed by atoms with Crippen molar-refractivity contribution in [1.82, 2.24) is 4.98 Å². The maximum absolute atomic E-state index is 6.77. The monoisotopic (exact) mass is 475 g/mol. The van der Waals surface area contributed by atoms with Crippen LogP contribution in [0.4, 0.5) is 34.3 Å². The zero-order valence-corrected chi connectivity index (χ0v) is 19.9. The molecule has 2 aliphatic rings. The molecule has 37 heavy (non-hydrogen) atoms. The van der Waals surface area contributed by atoms with Crippen LogP contribution < -0.4 is 14.5 Å². The molecule has 1 aromatic heterocycles. The minimum absolute atomic E-state index is 0.836. The second-order valence-corrected chi connectivity index (χ2v) is 9.25. The number of fused-ring (bicyclic) bond motifs is 5. The molecule has 0 unspecified atom stereocenters. The number of para-hydroxylation sites is 3. The van der Waals surface area contributed by atoms with E-state index in [9.17, 15) is 0 Å². The van der Waals surface area contributed by atoms with Crippen LogP contribution in [0.5, 0.6) is 11.5 Å². The highest BCUT2D eigenvalue weighted by Crippen LogP contribution is 2.60. The van der Waals surface area contributed by atoms with Gasteiger partial charge in [-0.05, 0) is 65.5 Å². The molecule has 0 spiro atoms. The summed E-state index contributed by atoms with van der Waals surface area (Å²) in [7, 11) is 0. The molecule has 0 saturated heterocycles. The Morgan fingerprint density at radius 2 is 1.30 bits per heavy atom. The van der Waals surface area contributed by atoms with Gasteiger partial charge in [0.05, 0.1) is 28.3 Å². The molecule has 0 radical (unpaired) electrons. The molecule has 0 fully saturated rings. The van der Waals surface area contributed by atoms with Gasteiger partial charge < -0.3 is 9.64 Å². The summed E-state index contributed by atoms with van der Waals surface area (Å²) < 4.78 is 6.77. The van der Waals surface area contributed by atoms with Crippen LogP contribution in [0.2, 0.25) is 0 Å². The van der Waals surface area contributed by atoms with Gasteiger partial charge in [-0.1, -0.05) is 66.7 Å². The zero-order chi connectivity index (χ0) is 24.3. The minimum atomic E-state index is 0.836. The van der Waals surface area contributed by atoms with E-state index in [1.54, 1.807) is 0 Å². The number of rotatable bonds is 2. The first-order valence-electron chi connectivity index (χ1n) is 12.4. The van der Waals surface area contributed by atoms with E-state index in [-0.39, 0.29) is 0 Å². The van der Waals surface area contributed by atoms with E-state index >= 15 is 0 Å². The molecule has 2 aliphatic heterocycles. The molecule has 4 nitrogen and oxygen atoms in total.